The normalized spacial score (nSPS) is 19.2. The predicted molar refractivity (Wildman–Crippen MR) is 122 cm³/mol. The Morgan fingerprint density at radius 2 is 2.09 bits per heavy atom. The van der Waals surface area contributed by atoms with Crippen LogP contribution in [0, 0.1) is 5.82 Å². The van der Waals surface area contributed by atoms with E-state index in [1.54, 1.807) is 24.7 Å². The fourth-order valence-electron chi connectivity index (χ4n) is 4.41. The minimum absolute atomic E-state index is 0.0991. The molecule has 0 spiro atoms. The van der Waals surface area contributed by atoms with Gasteiger partial charge in [-0.2, -0.15) is 9.61 Å². The third-order valence-corrected chi connectivity index (χ3v) is 6.12. The highest BCUT2D eigenvalue weighted by Crippen LogP contribution is 2.36. The Kier molecular flexibility index (Phi) is 4.71. The maximum absolute atomic E-state index is 14.4. The number of nitrogens with two attached hydrogens (primary N) is 1. The number of halogens is 1. The smallest absolute Gasteiger partial charge is 0.223 e. The van der Waals surface area contributed by atoms with Crippen LogP contribution in [0.15, 0.2) is 24.5 Å². The van der Waals surface area contributed by atoms with E-state index in [-0.39, 0.29) is 17.1 Å². The standard InChI is InChI=1S/C22H27FN8O2/c1-21(2,32)11-30-10-13(9-25-30)29-6-5-22(3,12-29)19-27-18-14-7-15(23)17(33-4)8-16(14)26-20(24)31(18)28-19/h7-10,32H,5-6,11-12H2,1-4H3,(H2,24,26)/t22-/m0/s1. The molecule has 11 heteroatoms. The molecule has 10 nitrogen and oxygen atoms in total. The summed E-state index contributed by atoms with van der Waals surface area (Å²) in [6.07, 6.45) is 4.57. The van der Waals surface area contributed by atoms with Crippen molar-refractivity contribution in [2.24, 2.45) is 0 Å². The third-order valence-electron chi connectivity index (χ3n) is 6.12. The highest BCUT2D eigenvalue weighted by atomic mass is 19.1. The lowest BCUT2D eigenvalue weighted by atomic mass is 9.89. The number of aliphatic hydroxyl groups is 1. The van der Waals surface area contributed by atoms with Crippen molar-refractivity contribution >= 4 is 28.2 Å². The minimum Gasteiger partial charge on any atom is -0.494 e. The van der Waals surface area contributed by atoms with Gasteiger partial charge in [0.05, 0.1) is 36.7 Å². The number of anilines is 2. The van der Waals surface area contributed by atoms with Crippen molar-refractivity contribution in [1.29, 1.82) is 0 Å². The molecule has 0 aliphatic carbocycles. The summed E-state index contributed by atoms with van der Waals surface area (Å²) >= 11 is 0. The second-order valence-corrected chi connectivity index (χ2v) is 9.59. The lowest BCUT2D eigenvalue weighted by Gasteiger charge is -2.21. The summed E-state index contributed by atoms with van der Waals surface area (Å²) in [5, 5.41) is 19.6. The molecule has 0 bridgehead atoms. The van der Waals surface area contributed by atoms with Gasteiger partial charge in [-0.25, -0.2) is 14.4 Å². The molecule has 0 radical (unpaired) electrons. The molecular formula is C22H27FN8O2. The van der Waals surface area contributed by atoms with Crippen molar-refractivity contribution in [3.05, 3.63) is 36.2 Å². The van der Waals surface area contributed by atoms with Crippen LogP contribution >= 0.6 is 0 Å². The maximum atomic E-state index is 14.4. The van der Waals surface area contributed by atoms with E-state index in [1.807, 2.05) is 6.20 Å². The fraction of sp³-hybridized carbons (Fsp3) is 0.455. The summed E-state index contributed by atoms with van der Waals surface area (Å²) in [4.78, 5) is 11.4. The molecule has 0 unspecified atom stereocenters. The predicted octanol–water partition coefficient (Wildman–Crippen LogP) is 2.14. The molecule has 1 aromatic carbocycles. The summed E-state index contributed by atoms with van der Waals surface area (Å²) < 4.78 is 22.7. The Bertz CT molecular complexity index is 1360. The zero-order valence-corrected chi connectivity index (χ0v) is 19.1. The van der Waals surface area contributed by atoms with Crippen LogP contribution in [0.3, 0.4) is 0 Å². The molecule has 5 rings (SSSR count). The Hall–Kier alpha value is -3.47. The van der Waals surface area contributed by atoms with E-state index in [0.29, 0.717) is 35.5 Å². The third kappa shape index (κ3) is 3.71. The molecule has 3 aromatic heterocycles. The number of methoxy groups -OCH3 is 1. The zero-order valence-electron chi connectivity index (χ0n) is 19.1. The van der Waals surface area contributed by atoms with Gasteiger partial charge in [-0.05, 0) is 26.3 Å². The summed E-state index contributed by atoms with van der Waals surface area (Å²) in [6.45, 7) is 7.52. The minimum atomic E-state index is -0.844. The van der Waals surface area contributed by atoms with Gasteiger partial charge in [-0.1, -0.05) is 6.92 Å². The van der Waals surface area contributed by atoms with Crippen LogP contribution in [0.4, 0.5) is 16.0 Å². The van der Waals surface area contributed by atoms with Crippen molar-refractivity contribution in [3.63, 3.8) is 0 Å². The second kappa shape index (κ2) is 7.27. The van der Waals surface area contributed by atoms with Gasteiger partial charge in [0, 0.05) is 36.2 Å². The van der Waals surface area contributed by atoms with E-state index in [1.165, 1.54) is 23.8 Å². The highest BCUT2D eigenvalue weighted by Gasteiger charge is 2.39. The van der Waals surface area contributed by atoms with Gasteiger partial charge in [-0.15, -0.1) is 5.10 Å². The summed E-state index contributed by atoms with van der Waals surface area (Å²) in [5.74, 6) is 0.411. The molecule has 0 saturated carbocycles. The van der Waals surface area contributed by atoms with Gasteiger partial charge >= 0.3 is 0 Å². The molecule has 1 aliphatic heterocycles. The first-order chi connectivity index (χ1) is 15.6. The molecule has 1 saturated heterocycles. The van der Waals surface area contributed by atoms with E-state index in [9.17, 15) is 9.50 Å². The van der Waals surface area contributed by atoms with Crippen molar-refractivity contribution in [3.8, 4) is 5.75 Å². The first-order valence-corrected chi connectivity index (χ1v) is 10.8. The Labute approximate surface area is 189 Å². The highest BCUT2D eigenvalue weighted by molar-refractivity contribution is 5.93. The van der Waals surface area contributed by atoms with Crippen molar-refractivity contribution in [2.45, 2.75) is 44.8 Å². The van der Waals surface area contributed by atoms with Crippen molar-refractivity contribution in [2.75, 3.05) is 30.8 Å². The summed E-state index contributed by atoms with van der Waals surface area (Å²) in [5.41, 5.74) is 6.91. The summed E-state index contributed by atoms with van der Waals surface area (Å²) in [6, 6.07) is 2.87. The Morgan fingerprint density at radius 3 is 2.82 bits per heavy atom. The molecule has 1 fully saturated rings. The zero-order chi connectivity index (χ0) is 23.5. The number of benzene rings is 1. The maximum Gasteiger partial charge on any atom is 0.223 e. The molecule has 1 atom stereocenters. The molecular weight excluding hydrogens is 427 g/mol. The monoisotopic (exact) mass is 454 g/mol. The van der Waals surface area contributed by atoms with Crippen LogP contribution in [0.5, 0.6) is 5.75 Å². The van der Waals surface area contributed by atoms with Gasteiger partial charge < -0.3 is 20.5 Å². The topological polar surface area (TPSA) is 120 Å². The van der Waals surface area contributed by atoms with Crippen LogP contribution in [0.2, 0.25) is 0 Å². The van der Waals surface area contributed by atoms with E-state index in [4.69, 9.17) is 15.5 Å². The van der Waals surface area contributed by atoms with Crippen LogP contribution in [0.1, 0.15) is 33.0 Å². The fourth-order valence-corrected chi connectivity index (χ4v) is 4.41. The lowest BCUT2D eigenvalue weighted by molar-refractivity contribution is 0.0577. The largest absolute Gasteiger partial charge is 0.494 e. The van der Waals surface area contributed by atoms with Crippen molar-refractivity contribution < 1.29 is 14.2 Å². The van der Waals surface area contributed by atoms with Crippen LogP contribution in [0.25, 0.3) is 16.6 Å². The van der Waals surface area contributed by atoms with Gasteiger partial charge in [0.2, 0.25) is 5.95 Å². The van der Waals surface area contributed by atoms with Gasteiger partial charge in [-0.3, -0.25) is 4.68 Å². The van der Waals surface area contributed by atoms with Gasteiger partial charge in [0.15, 0.2) is 23.0 Å². The Balaban J connectivity index is 1.48. The first-order valence-electron chi connectivity index (χ1n) is 10.8. The van der Waals surface area contributed by atoms with Crippen LogP contribution < -0.4 is 15.4 Å². The molecule has 174 valence electrons. The van der Waals surface area contributed by atoms with E-state index >= 15 is 0 Å². The van der Waals surface area contributed by atoms with E-state index in [0.717, 1.165) is 18.7 Å². The first kappa shape index (κ1) is 21.4. The number of ether oxygens (including phenoxy) is 1. The number of nitrogens with zero attached hydrogens (tertiary/aromatic N) is 7. The average molecular weight is 455 g/mol. The lowest BCUT2D eigenvalue weighted by Crippen LogP contribution is -2.29. The quantitative estimate of drug-likeness (QED) is 0.471. The van der Waals surface area contributed by atoms with E-state index in [2.05, 4.69) is 27.0 Å². The van der Waals surface area contributed by atoms with Crippen LogP contribution in [-0.4, -0.2) is 60.3 Å². The second-order valence-electron chi connectivity index (χ2n) is 9.59. The average Bonchev–Trinajstić information content (AvgIpc) is 3.46. The molecule has 33 heavy (non-hydrogen) atoms. The van der Waals surface area contributed by atoms with Crippen molar-refractivity contribution in [1.82, 2.24) is 29.4 Å². The molecule has 3 N–H and O–H groups in total. The van der Waals surface area contributed by atoms with Gasteiger partial charge in [0.25, 0.3) is 0 Å². The number of aromatic nitrogens is 6. The number of rotatable bonds is 5. The number of hydrogen-bond donors (Lipinski definition) is 2. The molecule has 4 heterocycles. The van der Waals surface area contributed by atoms with Gasteiger partial charge in [0.1, 0.15) is 0 Å². The Morgan fingerprint density at radius 1 is 1.30 bits per heavy atom. The molecule has 0 amide bonds. The summed E-state index contributed by atoms with van der Waals surface area (Å²) in [7, 11) is 1.41. The molecule has 4 aromatic rings. The number of fused-ring (bicyclic) bond motifs is 3. The SMILES string of the molecule is COc1cc2nc(N)n3nc([C@@]4(C)CCN(c5cnn(CC(C)(C)O)c5)C4)nc3c2cc1F. The molecule has 1 aliphatic rings. The number of nitrogen functional groups attached to an aromatic ring is 1. The van der Waals surface area contributed by atoms with E-state index < -0.39 is 11.4 Å². The van der Waals surface area contributed by atoms with Crippen LogP contribution in [-0.2, 0) is 12.0 Å². The number of hydrogen-bond acceptors (Lipinski definition) is 8.